The van der Waals surface area contributed by atoms with Crippen molar-refractivity contribution < 1.29 is 9.53 Å². The number of hydrogen-bond acceptors (Lipinski definition) is 3. The lowest BCUT2D eigenvalue weighted by Crippen LogP contribution is -2.46. The molecule has 0 unspecified atom stereocenters. The average molecular weight is 254 g/mol. The lowest BCUT2D eigenvalue weighted by molar-refractivity contribution is -0.136. The van der Waals surface area contributed by atoms with Gasteiger partial charge in [-0.15, -0.1) is 0 Å². The normalized spacial score (nSPS) is 20.8. The standard InChI is InChI=1S/C14H26N2O2/c1-12(2)5-6-16(13-3-4-13)11-14(17)15-7-9-18-10-8-15/h12-13H,3-11H2,1-2H3. The number of ether oxygens (including phenoxy) is 1. The van der Waals surface area contributed by atoms with Crippen LogP contribution in [0.15, 0.2) is 0 Å². The smallest absolute Gasteiger partial charge is 0.236 e. The summed E-state index contributed by atoms with van der Waals surface area (Å²) >= 11 is 0. The number of amides is 1. The van der Waals surface area contributed by atoms with Crippen LogP contribution in [0.3, 0.4) is 0 Å². The van der Waals surface area contributed by atoms with Crippen LogP contribution in [0, 0.1) is 5.92 Å². The Kier molecular flexibility index (Phi) is 5.01. The molecule has 0 radical (unpaired) electrons. The monoisotopic (exact) mass is 254 g/mol. The van der Waals surface area contributed by atoms with Crippen LogP contribution in [-0.2, 0) is 9.53 Å². The van der Waals surface area contributed by atoms with Crippen molar-refractivity contribution in [1.82, 2.24) is 9.80 Å². The average Bonchev–Trinajstić information content (AvgIpc) is 3.19. The second kappa shape index (κ2) is 6.53. The van der Waals surface area contributed by atoms with Crippen LogP contribution in [0.4, 0.5) is 0 Å². The molecule has 2 aliphatic rings. The Labute approximate surface area is 110 Å². The van der Waals surface area contributed by atoms with E-state index in [0.717, 1.165) is 19.6 Å². The molecule has 0 aromatic rings. The van der Waals surface area contributed by atoms with Crippen LogP contribution in [0.25, 0.3) is 0 Å². The van der Waals surface area contributed by atoms with E-state index in [1.807, 2.05) is 4.90 Å². The summed E-state index contributed by atoms with van der Waals surface area (Å²) in [6.45, 7) is 9.09. The maximum Gasteiger partial charge on any atom is 0.236 e. The molecule has 1 amide bonds. The molecule has 0 spiro atoms. The maximum absolute atomic E-state index is 12.2. The number of morpholine rings is 1. The molecule has 104 valence electrons. The van der Waals surface area contributed by atoms with Crippen LogP contribution in [-0.4, -0.2) is 61.1 Å². The number of carbonyl (C=O) groups excluding carboxylic acids is 1. The van der Waals surface area contributed by atoms with E-state index in [9.17, 15) is 4.79 Å². The molecule has 0 atom stereocenters. The van der Waals surface area contributed by atoms with Gasteiger partial charge in [-0.1, -0.05) is 13.8 Å². The van der Waals surface area contributed by atoms with E-state index < -0.39 is 0 Å². The topological polar surface area (TPSA) is 32.8 Å². The van der Waals surface area contributed by atoms with E-state index >= 15 is 0 Å². The van der Waals surface area contributed by atoms with Gasteiger partial charge in [0, 0.05) is 19.1 Å². The molecule has 1 aliphatic carbocycles. The van der Waals surface area contributed by atoms with Gasteiger partial charge in [-0.2, -0.15) is 0 Å². The Morgan fingerprint density at radius 1 is 1.33 bits per heavy atom. The molecule has 2 rings (SSSR count). The summed E-state index contributed by atoms with van der Waals surface area (Å²) in [5.74, 6) is 0.999. The van der Waals surface area contributed by atoms with Gasteiger partial charge in [-0.25, -0.2) is 0 Å². The summed E-state index contributed by atoms with van der Waals surface area (Å²) in [5, 5.41) is 0. The van der Waals surface area contributed by atoms with Crippen molar-refractivity contribution >= 4 is 5.91 Å². The zero-order chi connectivity index (χ0) is 13.0. The zero-order valence-corrected chi connectivity index (χ0v) is 11.7. The van der Waals surface area contributed by atoms with Gasteiger partial charge >= 0.3 is 0 Å². The number of rotatable bonds is 6. The Bertz CT molecular complexity index is 271. The molecule has 0 bridgehead atoms. The summed E-state index contributed by atoms with van der Waals surface area (Å²) in [7, 11) is 0. The van der Waals surface area contributed by atoms with Crippen molar-refractivity contribution in [3.05, 3.63) is 0 Å². The molecule has 2 fully saturated rings. The van der Waals surface area contributed by atoms with Gasteiger partial charge in [0.05, 0.1) is 19.8 Å². The minimum absolute atomic E-state index is 0.286. The maximum atomic E-state index is 12.2. The summed E-state index contributed by atoms with van der Waals surface area (Å²) < 4.78 is 5.29. The number of hydrogen-bond donors (Lipinski definition) is 0. The van der Waals surface area contributed by atoms with Crippen molar-refractivity contribution in [3.8, 4) is 0 Å². The van der Waals surface area contributed by atoms with E-state index in [2.05, 4.69) is 18.7 Å². The minimum Gasteiger partial charge on any atom is -0.378 e. The van der Waals surface area contributed by atoms with E-state index in [0.29, 0.717) is 31.7 Å². The fourth-order valence-corrected chi connectivity index (χ4v) is 2.34. The van der Waals surface area contributed by atoms with Crippen molar-refractivity contribution in [1.29, 1.82) is 0 Å². The Hall–Kier alpha value is -0.610. The highest BCUT2D eigenvalue weighted by Gasteiger charge is 2.31. The summed E-state index contributed by atoms with van der Waals surface area (Å²) in [6.07, 6.45) is 3.73. The van der Waals surface area contributed by atoms with Crippen LogP contribution in [0.2, 0.25) is 0 Å². The first-order chi connectivity index (χ1) is 8.66. The quantitative estimate of drug-likeness (QED) is 0.717. The van der Waals surface area contributed by atoms with Crippen LogP contribution >= 0.6 is 0 Å². The zero-order valence-electron chi connectivity index (χ0n) is 11.7. The minimum atomic E-state index is 0.286. The molecule has 0 aromatic heterocycles. The van der Waals surface area contributed by atoms with Gasteiger partial charge in [-0.05, 0) is 31.7 Å². The molecule has 1 heterocycles. The highest BCUT2D eigenvalue weighted by Crippen LogP contribution is 2.27. The predicted octanol–water partition coefficient (Wildman–Crippen LogP) is 1.36. The van der Waals surface area contributed by atoms with Crippen LogP contribution in [0.5, 0.6) is 0 Å². The van der Waals surface area contributed by atoms with Crippen molar-refractivity contribution in [2.45, 2.75) is 39.2 Å². The fraction of sp³-hybridized carbons (Fsp3) is 0.929. The fourth-order valence-electron chi connectivity index (χ4n) is 2.34. The first kappa shape index (κ1) is 13.8. The molecule has 0 aromatic carbocycles. The number of nitrogens with zero attached hydrogens (tertiary/aromatic N) is 2. The molecule has 1 saturated heterocycles. The molecule has 1 saturated carbocycles. The van der Waals surface area contributed by atoms with Crippen molar-refractivity contribution in [2.75, 3.05) is 39.4 Å². The highest BCUT2D eigenvalue weighted by molar-refractivity contribution is 5.78. The highest BCUT2D eigenvalue weighted by atomic mass is 16.5. The number of carbonyl (C=O) groups is 1. The third-order valence-electron chi connectivity index (χ3n) is 3.76. The predicted molar refractivity (Wildman–Crippen MR) is 71.4 cm³/mol. The van der Waals surface area contributed by atoms with Crippen LogP contribution < -0.4 is 0 Å². The lowest BCUT2D eigenvalue weighted by Gasteiger charge is -2.30. The van der Waals surface area contributed by atoms with Gasteiger partial charge < -0.3 is 9.64 Å². The second-order valence-electron chi connectivity index (χ2n) is 5.88. The van der Waals surface area contributed by atoms with Gasteiger partial charge in [0.2, 0.25) is 5.91 Å². The summed E-state index contributed by atoms with van der Waals surface area (Å²) in [4.78, 5) is 16.6. The largest absolute Gasteiger partial charge is 0.378 e. The van der Waals surface area contributed by atoms with Gasteiger partial charge in [0.25, 0.3) is 0 Å². The molecular weight excluding hydrogens is 228 g/mol. The van der Waals surface area contributed by atoms with Gasteiger partial charge in [-0.3, -0.25) is 9.69 Å². The molecule has 0 N–H and O–H groups in total. The summed E-state index contributed by atoms with van der Waals surface area (Å²) in [6, 6.07) is 0.675. The van der Waals surface area contributed by atoms with Crippen molar-refractivity contribution in [2.24, 2.45) is 5.92 Å². The molecule has 1 aliphatic heterocycles. The van der Waals surface area contributed by atoms with E-state index in [-0.39, 0.29) is 5.91 Å². The Balaban J connectivity index is 1.78. The van der Waals surface area contributed by atoms with Crippen LogP contribution in [0.1, 0.15) is 33.1 Å². The molecule has 4 nitrogen and oxygen atoms in total. The molecule has 4 heteroatoms. The third-order valence-corrected chi connectivity index (χ3v) is 3.76. The second-order valence-corrected chi connectivity index (χ2v) is 5.88. The SMILES string of the molecule is CC(C)CCN(CC(=O)N1CCOCC1)C1CC1. The lowest BCUT2D eigenvalue weighted by atomic mass is 10.1. The third kappa shape index (κ3) is 4.25. The Morgan fingerprint density at radius 2 is 2.00 bits per heavy atom. The first-order valence-electron chi connectivity index (χ1n) is 7.26. The van der Waals surface area contributed by atoms with E-state index in [4.69, 9.17) is 4.74 Å². The van der Waals surface area contributed by atoms with Gasteiger partial charge in [0.15, 0.2) is 0 Å². The van der Waals surface area contributed by atoms with Gasteiger partial charge in [0.1, 0.15) is 0 Å². The first-order valence-corrected chi connectivity index (χ1v) is 7.26. The molecular formula is C14H26N2O2. The van der Waals surface area contributed by atoms with E-state index in [1.54, 1.807) is 0 Å². The summed E-state index contributed by atoms with van der Waals surface area (Å²) in [5.41, 5.74) is 0. The van der Waals surface area contributed by atoms with E-state index in [1.165, 1.54) is 19.3 Å². The Morgan fingerprint density at radius 3 is 2.56 bits per heavy atom. The van der Waals surface area contributed by atoms with Crippen molar-refractivity contribution in [3.63, 3.8) is 0 Å². The molecule has 18 heavy (non-hydrogen) atoms.